The molecule has 1 rings (SSSR count). The molecule has 0 fully saturated rings. The summed E-state index contributed by atoms with van der Waals surface area (Å²) in [4.78, 5) is 11.3. The van der Waals surface area contributed by atoms with E-state index in [0.717, 1.165) is 0 Å². The second-order valence-electron chi connectivity index (χ2n) is 4.46. The first kappa shape index (κ1) is 16.0. The van der Waals surface area contributed by atoms with Crippen LogP contribution in [0.1, 0.15) is 24.2 Å². The number of ether oxygens (including phenoxy) is 1. The summed E-state index contributed by atoms with van der Waals surface area (Å²) < 4.78 is 5.44. The molecule has 0 aliphatic carbocycles. The van der Waals surface area contributed by atoms with Gasteiger partial charge in [-0.1, -0.05) is 26.0 Å². The van der Waals surface area contributed by atoms with Crippen molar-refractivity contribution in [3.63, 3.8) is 0 Å². The Morgan fingerprint density at radius 1 is 1.42 bits per heavy atom. The third kappa shape index (κ3) is 6.09. The maximum absolute atomic E-state index is 11.3. The third-order valence-corrected chi connectivity index (χ3v) is 3.61. The van der Waals surface area contributed by atoms with Crippen LogP contribution in [0.5, 0.6) is 5.75 Å². The maximum atomic E-state index is 11.3. The molecule has 1 unspecified atom stereocenters. The van der Waals surface area contributed by atoms with Crippen LogP contribution in [-0.4, -0.2) is 46.3 Å². The van der Waals surface area contributed by atoms with Crippen molar-refractivity contribution in [3.05, 3.63) is 29.8 Å². The highest BCUT2D eigenvalue weighted by Gasteiger charge is 2.09. The van der Waals surface area contributed by atoms with Crippen molar-refractivity contribution in [1.82, 2.24) is 0 Å². The van der Waals surface area contributed by atoms with E-state index in [1.807, 2.05) is 0 Å². The fraction of sp³-hybridized carbons (Fsp3) is 0.500. The molecule has 0 aliphatic heterocycles. The van der Waals surface area contributed by atoms with E-state index < -0.39 is 12.7 Å². The molecule has 0 saturated carbocycles. The van der Waals surface area contributed by atoms with Gasteiger partial charge < -0.3 is 14.9 Å². The molecule has 0 heterocycles. The van der Waals surface area contributed by atoms with Gasteiger partial charge in [0.05, 0.1) is 6.10 Å². The number of aliphatic hydroxyl groups excluding tert-OH is 2. The van der Waals surface area contributed by atoms with E-state index in [1.54, 1.807) is 36.0 Å². The Morgan fingerprint density at radius 2 is 2.16 bits per heavy atom. The molecule has 0 aromatic heterocycles. The molecule has 2 N–H and O–H groups in total. The Hall–Kier alpha value is -1.04. The molecular formula is C14H20O4S. The summed E-state index contributed by atoms with van der Waals surface area (Å²) in [7, 11) is 0. The second kappa shape index (κ2) is 8.19. The van der Waals surface area contributed by atoms with E-state index in [1.165, 1.54) is 0 Å². The van der Waals surface area contributed by atoms with E-state index in [0.29, 0.717) is 22.3 Å². The van der Waals surface area contributed by atoms with Crippen LogP contribution in [0.3, 0.4) is 0 Å². The molecule has 4 nitrogen and oxygen atoms in total. The Bertz CT molecular complexity index is 406. The molecule has 0 saturated heterocycles. The topological polar surface area (TPSA) is 66.8 Å². The van der Waals surface area contributed by atoms with Gasteiger partial charge in [0.15, 0.2) is 5.78 Å². The number of rotatable bonds is 8. The van der Waals surface area contributed by atoms with Crippen molar-refractivity contribution in [2.75, 3.05) is 19.0 Å². The molecule has 0 bridgehead atoms. The number of thioether (sulfide) groups is 1. The number of carbonyl (C=O) groups excluding carboxylic acids is 1. The van der Waals surface area contributed by atoms with Crippen LogP contribution in [0.15, 0.2) is 24.3 Å². The zero-order chi connectivity index (χ0) is 14.3. The smallest absolute Gasteiger partial charge is 0.188 e. The Morgan fingerprint density at radius 3 is 2.79 bits per heavy atom. The lowest BCUT2D eigenvalue weighted by Crippen LogP contribution is -2.21. The number of ketones is 1. The van der Waals surface area contributed by atoms with Crippen LogP contribution in [0.4, 0.5) is 0 Å². The number of hydrogen-bond acceptors (Lipinski definition) is 5. The zero-order valence-corrected chi connectivity index (χ0v) is 12.0. The SMILES string of the molecule is CC(C)SCC(O)COc1cccc(C(=O)CO)c1. The van der Waals surface area contributed by atoms with E-state index in [4.69, 9.17) is 9.84 Å². The van der Waals surface area contributed by atoms with Crippen molar-refractivity contribution in [2.45, 2.75) is 25.2 Å². The van der Waals surface area contributed by atoms with Crippen molar-refractivity contribution in [3.8, 4) is 5.75 Å². The van der Waals surface area contributed by atoms with Crippen molar-refractivity contribution >= 4 is 17.5 Å². The van der Waals surface area contributed by atoms with Crippen LogP contribution in [-0.2, 0) is 0 Å². The molecule has 106 valence electrons. The monoisotopic (exact) mass is 284 g/mol. The van der Waals surface area contributed by atoms with E-state index >= 15 is 0 Å². The summed E-state index contributed by atoms with van der Waals surface area (Å²) >= 11 is 1.67. The average molecular weight is 284 g/mol. The van der Waals surface area contributed by atoms with Gasteiger partial charge >= 0.3 is 0 Å². The van der Waals surface area contributed by atoms with Crippen molar-refractivity contribution in [2.24, 2.45) is 0 Å². The lowest BCUT2D eigenvalue weighted by atomic mass is 10.1. The molecule has 1 aromatic rings. The van der Waals surface area contributed by atoms with Crippen LogP contribution >= 0.6 is 11.8 Å². The standard InChI is InChI=1S/C14H20O4S/c1-10(2)19-9-12(16)8-18-13-5-3-4-11(6-13)14(17)7-15/h3-6,10,12,15-16H,7-9H2,1-2H3. The fourth-order valence-corrected chi connectivity index (χ4v) is 2.10. The van der Waals surface area contributed by atoms with Crippen molar-refractivity contribution < 1.29 is 19.7 Å². The van der Waals surface area contributed by atoms with Crippen molar-refractivity contribution in [1.29, 1.82) is 0 Å². The Kier molecular flexibility index (Phi) is 6.91. The molecular weight excluding hydrogens is 264 g/mol. The molecule has 0 spiro atoms. The zero-order valence-electron chi connectivity index (χ0n) is 11.2. The predicted molar refractivity (Wildman–Crippen MR) is 77.0 cm³/mol. The van der Waals surface area contributed by atoms with Gasteiger partial charge in [-0.3, -0.25) is 4.79 Å². The van der Waals surface area contributed by atoms with E-state index in [-0.39, 0.29) is 12.4 Å². The van der Waals surface area contributed by atoms with Gasteiger partial charge in [-0.2, -0.15) is 11.8 Å². The average Bonchev–Trinajstić information content (AvgIpc) is 2.42. The van der Waals surface area contributed by atoms with Gasteiger partial charge in [0, 0.05) is 11.3 Å². The minimum atomic E-state index is -0.537. The quantitative estimate of drug-likeness (QED) is 0.712. The highest BCUT2D eigenvalue weighted by molar-refractivity contribution is 7.99. The summed E-state index contributed by atoms with van der Waals surface area (Å²) in [5, 5.41) is 19.0. The lowest BCUT2D eigenvalue weighted by Gasteiger charge is -2.13. The Labute approximate surface area is 117 Å². The van der Waals surface area contributed by atoms with Crippen LogP contribution in [0, 0.1) is 0 Å². The molecule has 5 heteroatoms. The van der Waals surface area contributed by atoms with Crippen LogP contribution in [0.25, 0.3) is 0 Å². The van der Waals surface area contributed by atoms with Crippen LogP contribution < -0.4 is 4.74 Å². The van der Waals surface area contributed by atoms with Gasteiger partial charge in [0.25, 0.3) is 0 Å². The molecule has 0 amide bonds. The number of carbonyl (C=O) groups is 1. The molecule has 1 aromatic carbocycles. The first-order valence-electron chi connectivity index (χ1n) is 6.19. The fourth-order valence-electron chi connectivity index (χ4n) is 1.39. The largest absolute Gasteiger partial charge is 0.491 e. The summed E-state index contributed by atoms with van der Waals surface area (Å²) in [5.41, 5.74) is 0.408. The normalized spacial score (nSPS) is 12.5. The molecule has 1 atom stereocenters. The molecule has 19 heavy (non-hydrogen) atoms. The van der Waals surface area contributed by atoms with Crippen LogP contribution in [0.2, 0.25) is 0 Å². The minimum absolute atomic E-state index is 0.191. The number of Topliss-reactive ketones (excluding diaryl/α,β-unsaturated/α-hetero) is 1. The second-order valence-corrected chi connectivity index (χ2v) is 6.07. The third-order valence-electron chi connectivity index (χ3n) is 2.36. The highest BCUT2D eigenvalue weighted by Crippen LogP contribution is 2.15. The molecule has 0 radical (unpaired) electrons. The first-order valence-corrected chi connectivity index (χ1v) is 7.24. The van der Waals surface area contributed by atoms with Gasteiger partial charge in [0.2, 0.25) is 0 Å². The molecule has 0 aliphatic rings. The van der Waals surface area contributed by atoms with Gasteiger partial charge in [-0.25, -0.2) is 0 Å². The van der Waals surface area contributed by atoms with E-state index in [2.05, 4.69) is 13.8 Å². The highest BCUT2D eigenvalue weighted by atomic mass is 32.2. The van der Waals surface area contributed by atoms with Gasteiger partial charge in [-0.05, 0) is 17.4 Å². The lowest BCUT2D eigenvalue weighted by molar-refractivity contribution is 0.0903. The first-order chi connectivity index (χ1) is 9.02. The van der Waals surface area contributed by atoms with E-state index in [9.17, 15) is 9.90 Å². The van der Waals surface area contributed by atoms with Gasteiger partial charge in [0.1, 0.15) is 19.0 Å². The number of benzene rings is 1. The number of hydrogen-bond donors (Lipinski definition) is 2. The summed E-state index contributed by atoms with van der Waals surface area (Å²) in [5.74, 6) is 0.793. The summed E-state index contributed by atoms with van der Waals surface area (Å²) in [6.07, 6.45) is -0.537. The maximum Gasteiger partial charge on any atom is 0.188 e. The minimum Gasteiger partial charge on any atom is -0.491 e. The van der Waals surface area contributed by atoms with Gasteiger partial charge in [-0.15, -0.1) is 0 Å². The summed E-state index contributed by atoms with van der Waals surface area (Å²) in [6, 6.07) is 6.60. The number of aliphatic hydroxyl groups is 2. The predicted octanol–water partition coefficient (Wildman–Crippen LogP) is 1.74. The summed E-state index contributed by atoms with van der Waals surface area (Å²) in [6.45, 7) is 3.82. The Balaban J connectivity index is 2.46.